The van der Waals surface area contributed by atoms with Crippen LogP contribution in [0.1, 0.15) is 30.7 Å². The van der Waals surface area contributed by atoms with Crippen molar-refractivity contribution in [1.82, 2.24) is 10.2 Å². The first-order chi connectivity index (χ1) is 9.58. The Morgan fingerprint density at radius 1 is 1.25 bits per heavy atom. The molecule has 1 heterocycles. The van der Waals surface area contributed by atoms with Gasteiger partial charge in [0, 0.05) is 26.1 Å². The van der Waals surface area contributed by atoms with Crippen LogP contribution < -0.4 is 5.32 Å². The Balaban J connectivity index is 1.85. The molecule has 5 heteroatoms. The zero-order valence-corrected chi connectivity index (χ0v) is 12.3. The fraction of sp³-hybridized carbons (Fsp3) is 0.467. The highest BCUT2D eigenvalue weighted by atomic mass is 35.5. The highest BCUT2D eigenvalue weighted by molar-refractivity contribution is 6.30. The number of rotatable bonds is 3. The number of hydrogen-bond donors (Lipinski definition) is 1. The monoisotopic (exact) mass is 294 g/mol. The maximum atomic E-state index is 12.1. The summed E-state index contributed by atoms with van der Waals surface area (Å²) in [6, 6.07) is 9.41. The number of halogens is 1. The minimum atomic E-state index is -0.665. The number of nitrogens with one attached hydrogen (secondary N) is 1. The van der Waals surface area contributed by atoms with Gasteiger partial charge in [0.1, 0.15) is 5.38 Å². The van der Waals surface area contributed by atoms with Crippen molar-refractivity contribution >= 4 is 23.4 Å². The normalized spacial score (nSPS) is 17.6. The van der Waals surface area contributed by atoms with Crippen molar-refractivity contribution in [1.29, 1.82) is 0 Å². The molecule has 1 aliphatic heterocycles. The Kier molecular flexibility index (Phi) is 5.01. The van der Waals surface area contributed by atoms with Crippen molar-refractivity contribution < 1.29 is 9.59 Å². The first kappa shape index (κ1) is 14.9. The highest BCUT2D eigenvalue weighted by Gasteiger charge is 2.25. The first-order valence-electron chi connectivity index (χ1n) is 6.83. The summed E-state index contributed by atoms with van der Waals surface area (Å²) in [6.45, 7) is 2.96. The van der Waals surface area contributed by atoms with E-state index in [1.165, 1.54) is 0 Å². The Morgan fingerprint density at radius 3 is 2.40 bits per heavy atom. The molecule has 1 N–H and O–H groups in total. The molecule has 1 unspecified atom stereocenters. The fourth-order valence-electron chi connectivity index (χ4n) is 2.39. The molecule has 2 rings (SSSR count). The summed E-state index contributed by atoms with van der Waals surface area (Å²) in [7, 11) is 0. The SMILES string of the molecule is CC(=O)N1CCC(NC(=O)C(Cl)c2ccccc2)CC1. The molecule has 1 aliphatic rings. The number of likely N-dealkylation sites (tertiary alicyclic amines) is 1. The lowest BCUT2D eigenvalue weighted by Gasteiger charge is -2.32. The lowest BCUT2D eigenvalue weighted by Crippen LogP contribution is -2.46. The minimum Gasteiger partial charge on any atom is -0.352 e. The predicted octanol–water partition coefficient (Wildman–Crippen LogP) is 2.09. The van der Waals surface area contributed by atoms with Gasteiger partial charge < -0.3 is 10.2 Å². The number of benzene rings is 1. The van der Waals surface area contributed by atoms with Crippen LogP contribution in [0, 0.1) is 0 Å². The second-order valence-electron chi connectivity index (χ2n) is 5.06. The van der Waals surface area contributed by atoms with Gasteiger partial charge in [0.2, 0.25) is 11.8 Å². The van der Waals surface area contributed by atoms with Crippen LogP contribution in [0.3, 0.4) is 0 Å². The molecule has 0 spiro atoms. The third-order valence-corrected chi connectivity index (χ3v) is 4.06. The second kappa shape index (κ2) is 6.75. The summed E-state index contributed by atoms with van der Waals surface area (Å²) in [5, 5.41) is 2.30. The molecule has 0 radical (unpaired) electrons. The van der Waals surface area contributed by atoms with E-state index in [1.807, 2.05) is 30.3 Å². The predicted molar refractivity (Wildman–Crippen MR) is 78.5 cm³/mol. The van der Waals surface area contributed by atoms with Gasteiger partial charge in [-0.3, -0.25) is 9.59 Å². The van der Waals surface area contributed by atoms with Crippen molar-refractivity contribution in [3.8, 4) is 0 Å². The van der Waals surface area contributed by atoms with Gasteiger partial charge in [-0.1, -0.05) is 30.3 Å². The lowest BCUT2D eigenvalue weighted by molar-refractivity contribution is -0.130. The molecule has 0 aliphatic carbocycles. The molecular weight excluding hydrogens is 276 g/mol. The van der Waals surface area contributed by atoms with Gasteiger partial charge in [0.25, 0.3) is 0 Å². The number of amides is 2. The Morgan fingerprint density at radius 2 is 1.85 bits per heavy atom. The van der Waals surface area contributed by atoms with Crippen LogP contribution in [-0.4, -0.2) is 35.8 Å². The average molecular weight is 295 g/mol. The molecule has 108 valence electrons. The van der Waals surface area contributed by atoms with E-state index in [9.17, 15) is 9.59 Å². The van der Waals surface area contributed by atoms with E-state index in [0.29, 0.717) is 13.1 Å². The van der Waals surface area contributed by atoms with Crippen LogP contribution in [0.4, 0.5) is 0 Å². The Hall–Kier alpha value is -1.55. The fourth-order valence-corrected chi connectivity index (χ4v) is 2.59. The summed E-state index contributed by atoms with van der Waals surface area (Å²) in [4.78, 5) is 25.1. The van der Waals surface area contributed by atoms with Crippen molar-refractivity contribution in [2.45, 2.75) is 31.2 Å². The maximum absolute atomic E-state index is 12.1. The average Bonchev–Trinajstić information content (AvgIpc) is 2.48. The Bertz CT molecular complexity index is 470. The van der Waals surface area contributed by atoms with E-state index in [4.69, 9.17) is 11.6 Å². The van der Waals surface area contributed by atoms with E-state index in [0.717, 1.165) is 18.4 Å². The topological polar surface area (TPSA) is 49.4 Å². The van der Waals surface area contributed by atoms with E-state index in [-0.39, 0.29) is 17.9 Å². The molecule has 1 aromatic carbocycles. The van der Waals surface area contributed by atoms with Crippen LogP contribution >= 0.6 is 11.6 Å². The molecule has 0 aromatic heterocycles. The summed E-state index contributed by atoms with van der Waals surface area (Å²) in [5.74, 6) is -0.0755. The van der Waals surface area contributed by atoms with Gasteiger partial charge >= 0.3 is 0 Å². The third kappa shape index (κ3) is 3.73. The number of piperidine rings is 1. The zero-order valence-electron chi connectivity index (χ0n) is 11.5. The van der Waals surface area contributed by atoms with E-state index >= 15 is 0 Å². The number of alkyl halides is 1. The van der Waals surface area contributed by atoms with E-state index in [2.05, 4.69) is 5.32 Å². The van der Waals surface area contributed by atoms with E-state index in [1.54, 1.807) is 11.8 Å². The van der Waals surface area contributed by atoms with Crippen LogP contribution in [0.25, 0.3) is 0 Å². The summed E-state index contributed by atoms with van der Waals surface area (Å²) < 4.78 is 0. The van der Waals surface area contributed by atoms with Crippen LogP contribution in [0.5, 0.6) is 0 Å². The van der Waals surface area contributed by atoms with Gasteiger partial charge in [-0.15, -0.1) is 11.6 Å². The second-order valence-corrected chi connectivity index (χ2v) is 5.50. The molecule has 2 amide bonds. The van der Waals surface area contributed by atoms with Gasteiger partial charge in [-0.2, -0.15) is 0 Å². The number of nitrogens with zero attached hydrogens (tertiary/aromatic N) is 1. The zero-order chi connectivity index (χ0) is 14.5. The van der Waals surface area contributed by atoms with Gasteiger partial charge in [0.05, 0.1) is 0 Å². The van der Waals surface area contributed by atoms with Crippen LogP contribution in [0.2, 0.25) is 0 Å². The Labute approximate surface area is 124 Å². The number of hydrogen-bond acceptors (Lipinski definition) is 2. The molecule has 0 saturated carbocycles. The highest BCUT2D eigenvalue weighted by Crippen LogP contribution is 2.21. The molecule has 20 heavy (non-hydrogen) atoms. The third-order valence-electron chi connectivity index (χ3n) is 3.61. The van der Waals surface area contributed by atoms with Crippen molar-refractivity contribution in [2.24, 2.45) is 0 Å². The lowest BCUT2D eigenvalue weighted by atomic mass is 10.0. The smallest absolute Gasteiger partial charge is 0.242 e. The van der Waals surface area contributed by atoms with Gasteiger partial charge in [-0.05, 0) is 18.4 Å². The summed E-state index contributed by atoms with van der Waals surface area (Å²) >= 11 is 6.18. The largest absolute Gasteiger partial charge is 0.352 e. The molecule has 1 aromatic rings. The standard InChI is InChI=1S/C15H19ClN2O2/c1-11(19)18-9-7-13(8-10-18)17-15(20)14(16)12-5-3-2-4-6-12/h2-6,13-14H,7-10H2,1H3,(H,17,20). The van der Waals surface area contributed by atoms with Gasteiger partial charge in [-0.25, -0.2) is 0 Å². The first-order valence-corrected chi connectivity index (χ1v) is 7.26. The van der Waals surface area contributed by atoms with Crippen molar-refractivity contribution in [3.05, 3.63) is 35.9 Å². The number of carbonyl (C=O) groups excluding carboxylic acids is 2. The van der Waals surface area contributed by atoms with Gasteiger partial charge in [0.15, 0.2) is 0 Å². The van der Waals surface area contributed by atoms with Crippen molar-refractivity contribution in [2.75, 3.05) is 13.1 Å². The number of carbonyl (C=O) groups is 2. The summed E-state index contributed by atoms with van der Waals surface area (Å²) in [6.07, 6.45) is 1.56. The summed E-state index contributed by atoms with van der Waals surface area (Å²) in [5.41, 5.74) is 0.799. The molecule has 4 nitrogen and oxygen atoms in total. The molecule has 0 bridgehead atoms. The molecule has 1 atom stereocenters. The molecular formula is C15H19ClN2O2. The van der Waals surface area contributed by atoms with E-state index < -0.39 is 5.38 Å². The quantitative estimate of drug-likeness (QED) is 0.868. The van der Waals surface area contributed by atoms with Crippen molar-refractivity contribution in [3.63, 3.8) is 0 Å². The molecule has 1 fully saturated rings. The maximum Gasteiger partial charge on any atom is 0.242 e. The minimum absolute atomic E-state index is 0.0919. The van der Waals surface area contributed by atoms with Crippen LogP contribution in [0.15, 0.2) is 30.3 Å². The van der Waals surface area contributed by atoms with Crippen LogP contribution in [-0.2, 0) is 9.59 Å². The molecule has 1 saturated heterocycles.